The number of hydrogen-bond acceptors (Lipinski definition) is 3. The van der Waals surface area contributed by atoms with Gasteiger partial charge in [0, 0.05) is 24.6 Å². The quantitative estimate of drug-likeness (QED) is 0.699. The molecule has 3 nitrogen and oxygen atoms in total. The van der Waals surface area contributed by atoms with Crippen molar-refractivity contribution in [2.45, 2.75) is 40.2 Å². The Morgan fingerprint density at radius 1 is 1.47 bits per heavy atom. The molecule has 1 saturated heterocycles. The minimum absolute atomic E-state index is 0.229. The predicted molar refractivity (Wildman–Crippen MR) is 60.9 cm³/mol. The predicted octanol–water partition coefficient (Wildman–Crippen LogP) is 1.71. The van der Waals surface area contributed by atoms with Crippen LogP contribution in [0.15, 0.2) is 0 Å². The molecule has 1 fully saturated rings. The van der Waals surface area contributed by atoms with Crippen LogP contribution in [-0.2, 0) is 9.53 Å². The van der Waals surface area contributed by atoms with E-state index in [1.807, 2.05) is 20.8 Å². The van der Waals surface area contributed by atoms with Gasteiger partial charge in [-0.15, -0.1) is 0 Å². The Kier molecular flexibility index (Phi) is 4.29. The van der Waals surface area contributed by atoms with Gasteiger partial charge in [0.05, 0.1) is 13.2 Å². The van der Waals surface area contributed by atoms with E-state index in [4.69, 9.17) is 4.74 Å². The lowest BCUT2D eigenvalue weighted by Crippen LogP contribution is -2.42. The maximum Gasteiger partial charge on any atom is 0.152 e. The van der Waals surface area contributed by atoms with Crippen molar-refractivity contribution < 1.29 is 9.53 Å². The Labute approximate surface area is 92.8 Å². The van der Waals surface area contributed by atoms with Crippen LogP contribution in [0.2, 0.25) is 0 Å². The van der Waals surface area contributed by atoms with E-state index in [1.165, 1.54) is 0 Å². The van der Waals surface area contributed by atoms with Crippen LogP contribution in [0.4, 0.5) is 0 Å². The van der Waals surface area contributed by atoms with Gasteiger partial charge in [-0.1, -0.05) is 20.8 Å². The molecule has 0 N–H and O–H groups in total. The number of ketones is 1. The first kappa shape index (κ1) is 12.7. The van der Waals surface area contributed by atoms with Crippen LogP contribution in [0.25, 0.3) is 0 Å². The topological polar surface area (TPSA) is 29.5 Å². The van der Waals surface area contributed by atoms with Gasteiger partial charge in [-0.2, -0.15) is 0 Å². The smallest absolute Gasteiger partial charge is 0.152 e. The maximum absolute atomic E-state index is 11.9. The second-order valence-corrected chi connectivity index (χ2v) is 5.42. The summed E-state index contributed by atoms with van der Waals surface area (Å²) in [6.45, 7) is 11.2. The van der Waals surface area contributed by atoms with Crippen LogP contribution in [-0.4, -0.2) is 43.0 Å². The summed E-state index contributed by atoms with van der Waals surface area (Å²) < 4.78 is 5.45. The third-order valence-corrected chi connectivity index (χ3v) is 2.90. The van der Waals surface area contributed by atoms with Crippen molar-refractivity contribution in [3.63, 3.8) is 0 Å². The molecule has 1 rings (SSSR count). The highest BCUT2D eigenvalue weighted by Gasteiger charge is 2.26. The summed E-state index contributed by atoms with van der Waals surface area (Å²) in [6.07, 6.45) is 1.03. The van der Waals surface area contributed by atoms with Gasteiger partial charge in [-0.05, 0) is 13.3 Å². The fourth-order valence-corrected chi connectivity index (χ4v) is 1.61. The molecule has 0 spiro atoms. The molecule has 0 amide bonds. The third kappa shape index (κ3) is 3.92. The van der Waals surface area contributed by atoms with Gasteiger partial charge >= 0.3 is 0 Å². The summed E-state index contributed by atoms with van der Waals surface area (Å²) in [5.74, 6) is 0.316. The summed E-state index contributed by atoms with van der Waals surface area (Å²) in [6, 6.07) is 0.360. The normalized spacial score (nSPS) is 24.9. The Morgan fingerprint density at radius 3 is 2.73 bits per heavy atom. The lowest BCUT2D eigenvalue weighted by molar-refractivity contribution is -0.128. The highest BCUT2D eigenvalue weighted by Crippen LogP contribution is 2.17. The van der Waals surface area contributed by atoms with Crippen molar-refractivity contribution in [1.82, 2.24) is 4.90 Å². The van der Waals surface area contributed by atoms with Gasteiger partial charge in [-0.25, -0.2) is 0 Å². The van der Waals surface area contributed by atoms with Crippen LogP contribution in [0, 0.1) is 5.41 Å². The van der Waals surface area contributed by atoms with Gasteiger partial charge in [0.1, 0.15) is 0 Å². The van der Waals surface area contributed by atoms with Crippen LogP contribution < -0.4 is 0 Å². The molecule has 0 aliphatic carbocycles. The summed E-state index contributed by atoms with van der Waals surface area (Å²) in [5, 5.41) is 0. The molecule has 3 heteroatoms. The summed E-state index contributed by atoms with van der Waals surface area (Å²) >= 11 is 0. The second-order valence-electron chi connectivity index (χ2n) is 5.42. The van der Waals surface area contributed by atoms with E-state index in [1.54, 1.807) is 0 Å². The van der Waals surface area contributed by atoms with E-state index in [0.29, 0.717) is 18.4 Å². The molecule has 0 saturated carbocycles. The highest BCUT2D eigenvalue weighted by atomic mass is 16.5. The molecule has 1 unspecified atom stereocenters. The molecule has 1 atom stereocenters. The molecular formula is C12H23NO2. The first-order chi connectivity index (χ1) is 6.91. The van der Waals surface area contributed by atoms with Crippen molar-refractivity contribution in [1.29, 1.82) is 0 Å². The highest BCUT2D eigenvalue weighted by molar-refractivity contribution is 5.85. The van der Waals surface area contributed by atoms with E-state index in [-0.39, 0.29) is 5.41 Å². The number of carbonyl (C=O) groups excluding carboxylic acids is 1. The lowest BCUT2D eigenvalue weighted by atomic mass is 9.90. The van der Waals surface area contributed by atoms with Crippen molar-refractivity contribution in [3.8, 4) is 0 Å². The molecule has 15 heavy (non-hydrogen) atoms. The number of rotatable bonds is 2. The standard InChI is InChI=1S/C12H23NO2/c1-10-9-15-7-5-6-13(10)8-11(14)12(2,3)4/h10H,5-9H2,1-4H3. The van der Waals surface area contributed by atoms with E-state index in [9.17, 15) is 4.79 Å². The molecular weight excluding hydrogens is 190 g/mol. The van der Waals surface area contributed by atoms with Crippen molar-refractivity contribution >= 4 is 5.78 Å². The Bertz CT molecular complexity index is 220. The Balaban J connectivity index is 2.52. The fourth-order valence-electron chi connectivity index (χ4n) is 1.61. The summed E-state index contributed by atoms with van der Waals surface area (Å²) in [4.78, 5) is 14.1. The average Bonchev–Trinajstić information content (AvgIpc) is 2.30. The van der Waals surface area contributed by atoms with Crippen molar-refractivity contribution in [3.05, 3.63) is 0 Å². The largest absolute Gasteiger partial charge is 0.380 e. The molecule has 0 bridgehead atoms. The summed E-state index contributed by atoms with van der Waals surface area (Å²) in [5.41, 5.74) is -0.229. The molecule has 1 heterocycles. The Hall–Kier alpha value is -0.410. The molecule has 0 aromatic heterocycles. The zero-order valence-corrected chi connectivity index (χ0v) is 10.4. The lowest BCUT2D eigenvalue weighted by Gasteiger charge is -2.28. The van der Waals surface area contributed by atoms with E-state index in [2.05, 4.69) is 11.8 Å². The van der Waals surface area contributed by atoms with Gasteiger partial charge in [0.25, 0.3) is 0 Å². The van der Waals surface area contributed by atoms with Crippen LogP contribution in [0.5, 0.6) is 0 Å². The number of ether oxygens (including phenoxy) is 1. The summed E-state index contributed by atoms with van der Waals surface area (Å²) in [7, 11) is 0. The Morgan fingerprint density at radius 2 is 2.13 bits per heavy atom. The first-order valence-corrected chi connectivity index (χ1v) is 5.76. The van der Waals surface area contributed by atoms with Gasteiger partial charge in [0.15, 0.2) is 5.78 Å². The van der Waals surface area contributed by atoms with E-state index < -0.39 is 0 Å². The first-order valence-electron chi connectivity index (χ1n) is 5.76. The van der Waals surface area contributed by atoms with Crippen LogP contribution in [0.1, 0.15) is 34.1 Å². The SMILES string of the molecule is CC1COCCCN1CC(=O)C(C)(C)C. The molecule has 1 aliphatic heterocycles. The van der Waals surface area contributed by atoms with E-state index >= 15 is 0 Å². The van der Waals surface area contributed by atoms with Gasteiger partial charge in [0.2, 0.25) is 0 Å². The van der Waals surface area contributed by atoms with Crippen LogP contribution >= 0.6 is 0 Å². The number of Topliss-reactive ketones (excluding diaryl/α,β-unsaturated/α-hetero) is 1. The van der Waals surface area contributed by atoms with Gasteiger partial charge in [-0.3, -0.25) is 9.69 Å². The van der Waals surface area contributed by atoms with Gasteiger partial charge < -0.3 is 4.74 Å². The zero-order valence-electron chi connectivity index (χ0n) is 10.4. The number of nitrogens with zero attached hydrogens (tertiary/aromatic N) is 1. The van der Waals surface area contributed by atoms with E-state index in [0.717, 1.165) is 26.2 Å². The van der Waals surface area contributed by atoms with Crippen LogP contribution in [0.3, 0.4) is 0 Å². The molecule has 0 aromatic carbocycles. The maximum atomic E-state index is 11.9. The molecule has 0 radical (unpaired) electrons. The zero-order chi connectivity index (χ0) is 11.5. The monoisotopic (exact) mass is 213 g/mol. The van der Waals surface area contributed by atoms with Crippen molar-refractivity contribution in [2.24, 2.45) is 5.41 Å². The number of hydrogen-bond donors (Lipinski definition) is 0. The molecule has 1 aliphatic rings. The third-order valence-electron chi connectivity index (χ3n) is 2.90. The minimum Gasteiger partial charge on any atom is -0.380 e. The molecule has 88 valence electrons. The second kappa shape index (κ2) is 5.08. The average molecular weight is 213 g/mol. The number of carbonyl (C=O) groups is 1. The fraction of sp³-hybridized carbons (Fsp3) is 0.917. The van der Waals surface area contributed by atoms with Crippen molar-refractivity contribution in [2.75, 3.05) is 26.3 Å². The molecule has 0 aromatic rings. The minimum atomic E-state index is -0.229.